The van der Waals surface area contributed by atoms with E-state index >= 15 is 0 Å². The number of nitro groups is 1. The largest absolute Gasteiger partial charge is 0.290 e. The van der Waals surface area contributed by atoms with Crippen molar-refractivity contribution in [3.05, 3.63) is 58.3 Å². The van der Waals surface area contributed by atoms with Gasteiger partial charge in [-0.25, -0.2) is 8.42 Å². The number of benzene rings is 1. The summed E-state index contributed by atoms with van der Waals surface area (Å²) in [5.74, 6) is -2.34. The fourth-order valence-electron chi connectivity index (χ4n) is 2.89. The number of ketones is 2. The summed E-state index contributed by atoms with van der Waals surface area (Å²) in [5, 5.41) is 10.7. The van der Waals surface area contributed by atoms with Crippen molar-refractivity contribution < 1.29 is 22.9 Å². The first-order valence-electron chi connectivity index (χ1n) is 6.91. The number of fused-ring (bicyclic) bond motifs is 1. The molecular formula is C15H12N2O6S. The standard InChI is InChI=1S/C15H12N2O6S/c1-24(22,23)16-8-11(9-2-4-10(5-3-9)17(20)21)14-12(16)6-7-13(18)15(14)19/h2-8,12,14H,1H3. The third-order valence-corrected chi connectivity index (χ3v) is 5.12. The van der Waals surface area contributed by atoms with E-state index in [-0.39, 0.29) is 5.69 Å². The van der Waals surface area contributed by atoms with E-state index < -0.39 is 38.5 Å². The van der Waals surface area contributed by atoms with E-state index in [1.165, 1.54) is 36.5 Å². The van der Waals surface area contributed by atoms with Gasteiger partial charge in [-0.15, -0.1) is 0 Å². The number of hydrogen-bond acceptors (Lipinski definition) is 6. The molecule has 8 nitrogen and oxygen atoms in total. The molecule has 0 saturated heterocycles. The van der Waals surface area contributed by atoms with Crippen LogP contribution in [0.15, 0.2) is 42.6 Å². The average Bonchev–Trinajstić information content (AvgIpc) is 2.91. The van der Waals surface area contributed by atoms with Crippen molar-refractivity contribution in [2.24, 2.45) is 5.92 Å². The van der Waals surface area contributed by atoms with Crippen molar-refractivity contribution in [2.45, 2.75) is 6.04 Å². The Morgan fingerprint density at radius 2 is 1.79 bits per heavy atom. The van der Waals surface area contributed by atoms with Gasteiger partial charge in [0.25, 0.3) is 5.69 Å². The van der Waals surface area contributed by atoms with Crippen molar-refractivity contribution >= 4 is 32.9 Å². The van der Waals surface area contributed by atoms with Crippen LogP contribution in [-0.2, 0) is 19.6 Å². The maximum atomic E-state index is 12.3. The molecule has 1 aliphatic heterocycles. The summed E-state index contributed by atoms with van der Waals surface area (Å²) in [6.07, 6.45) is 4.79. The molecule has 124 valence electrons. The number of non-ortho nitro benzene ring substituents is 1. The smallest absolute Gasteiger partial charge is 0.269 e. The number of carbonyl (C=O) groups excluding carboxylic acids is 2. The first kappa shape index (κ1) is 16.1. The van der Waals surface area contributed by atoms with Gasteiger partial charge in [0.05, 0.1) is 23.1 Å². The van der Waals surface area contributed by atoms with E-state index in [0.717, 1.165) is 16.6 Å². The number of rotatable bonds is 3. The molecule has 1 aliphatic carbocycles. The van der Waals surface area contributed by atoms with Gasteiger partial charge in [0.2, 0.25) is 21.6 Å². The molecule has 0 bridgehead atoms. The van der Waals surface area contributed by atoms with Gasteiger partial charge in [0.1, 0.15) is 0 Å². The number of allylic oxidation sites excluding steroid dienone is 1. The van der Waals surface area contributed by atoms with Gasteiger partial charge < -0.3 is 0 Å². The van der Waals surface area contributed by atoms with Crippen LogP contribution in [-0.4, -0.2) is 41.5 Å². The molecule has 0 radical (unpaired) electrons. The Hall–Kier alpha value is -2.81. The third-order valence-electron chi connectivity index (χ3n) is 4.00. The number of hydrogen-bond donors (Lipinski definition) is 0. The van der Waals surface area contributed by atoms with E-state index in [1.807, 2.05) is 0 Å². The highest BCUT2D eigenvalue weighted by Gasteiger charge is 2.46. The van der Waals surface area contributed by atoms with Crippen LogP contribution in [0.1, 0.15) is 5.56 Å². The number of nitro benzene ring substituents is 1. The number of nitrogens with zero attached hydrogens (tertiary/aromatic N) is 2. The lowest BCUT2D eigenvalue weighted by Gasteiger charge is -2.27. The quantitative estimate of drug-likeness (QED) is 0.455. The maximum absolute atomic E-state index is 12.3. The summed E-state index contributed by atoms with van der Waals surface area (Å²) in [5.41, 5.74) is 0.682. The lowest BCUT2D eigenvalue weighted by molar-refractivity contribution is -0.384. The predicted octanol–water partition coefficient (Wildman–Crippen LogP) is 0.904. The SMILES string of the molecule is CS(=O)(=O)N1C=C(c2ccc([N+](=O)[O-])cc2)C2C(=O)C(=O)C=CC21. The van der Waals surface area contributed by atoms with Crippen LogP contribution in [0.5, 0.6) is 0 Å². The van der Waals surface area contributed by atoms with Gasteiger partial charge in [-0.3, -0.25) is 24.0 Å². The van der Waals surface area contributed by atoms with Crippen LogP contribution < -0.4 is 0 Å². The van der Waals surface area contributed by atoms with Crippen LogP contribution in [0.2, 0.25) is 0 Å². The molecule has 9 heteroatoms. The van der Waals surface area contributed by atoms with Gasteiger partial charge in [0.15, 0.2) is 0 Å². The highest BCUT2D eigenvalue weighted by atomic mass is 32.2. The third kappa shape index (κ3) is 2.52. The summed E-state index contributed by atoms with van der Waals surface area (Å²) in [7, 11) is -3.64. The summed E-state index contributed by atoms with van der Waals surface area (Å²) in [6, 6.07) is 4.60. The first-order valence-corrected chi connectivity index (χ1v) is 8.76. The molecule has 0 fully saturated rings. The zero-order valence-corrected chi connectivity index (χ0v) is 13.3. The Morgan fingerprint density at radius 1 is 1.17 bits per heavy atom. The molecule has 24 heavy (non-hydrogen) atoms. The molecule has 0 aromatic heterocycles. The van der Waals surface area contributed by atoms with Gasteiger partial charge in [-0.1, -0.05) is 6.08 Å². The molecule has 0 spiro atoms. The second-order valence-electron chi connectivity index (χ2n) is 5.54. The van der Waals surface area contributed by atoms with Crippen LogP contribution in [0.25, 0.3) is 5.57 Å². The van der Waals surface area contributed by atoms with Gasteiger partial charge >= 0.3 is 0 Å². The molecular weight excluding hydrogens is 336 g/mol. The van der Waals surface area contributed by atoms with E-state index in [1.54, 1.807) is 0 Å². The van der Waals surface area contributed by atoms with Crippen molar-refractivity contribution in [3.8, 4) is 0 Å². The second kappa shape index (κ2) is 5.38. The Morgan fingerprint density at radius 3 is 2.33 bits per heavy atom. The van der Waals surface area contributed by atoms with Crippen LogP contribution in [0, 0.1) is 16.0 Å². The minimum atomic E-state index is -3.64. The summed E-state index contributed by atoms with van der Waals surface area (Å²) in [6.45, 7) is 0. The fraction of sp³-hybridized carbons (Fsp3) is 0.200. The van der Waals surface area contributed by atoms with Crippen molar-refractivity contribution in [1.82, 2.24) is 4.31 Å². The Bertz CT molecular complexity index is 914. The Labute approximate surface area is 137 Å². The van der Waals surface area contributed by atoms with Crippen molar-refractivity contribution in [1.29, 1.82) is 0 Å². The maximum Gasteiger partial charge on any atom is 0.269 e. The molecule has 2 atom stereocenters. The molecule has 1 heterocycles. The van der Waals surface area contributed by atoms with E-state index in [2.05, 4.69) is 0 Å². The summed E-state index contributed by atoms with van der Waals surface area (Å²) >= 11 is 0. The van der Waals surface area contributed by atoms with Gasteiger partial charge in [0, 0.05) is 18.3 Å². The summed E-state index contributed by atoms with van der Waals surface area (Å²) in [4.78, 5) is 34.1. The monoisotopic (exact) mass is 348 g/mol. The van der Waals surface area contributed by atoms with E-state index in [4.69, 9.17) is 0 Å². The molecule has 1 aromatic carbocycles. The summed E-state index contributed by atoms with van der Waals surface area (Å²) < 4.78 is 25.0. The lowest BCUT2D eigenvalue weighted by Crippen LogP contribution is -2.42. The minimum absolute atomic E-state index is 0.125. The number of sulfonamides is 1. The predicted molar refractivity (Wildman–Crippen MR) is 84.2 cm³/mol. The first-order chi connectivity index (χ1) is 11.2. The number of carbonyl (C=O) groups is 2. The normalized spacial score (nSPS) is 23.2. The fourth-order valence-corrected chi connectivity index (χ4v) is 3.83. The number of Topliss-reactive ketones (excluding diaryl/α,β-unsaturated/α-hetero) is 1. The molecule has 2 aliphatic rings. The van der Waals surface area contributed by atoms with Crippen LogP contribution in [0.4, 0.5) is 5.69 Å². The van der Waals surface area contributed by atoms with Gasteiger partial charge in [-0.05, 0) is 29.3 Å². The highest BCUT2D eigenvalue weighted by molar-refractivity contribution is 7.88. The van der Waals surface area contributed by atoms with E-state index in [0.29, 0.717) is 11.1 Å². The van der Waals surface area contributed by atoms with Gasteiger partial charge in [-0.2, -0.15) is 0 Å². The minimum Gasteiger partial charge on any atom is -0.290 e. The van der Waals surface area contributed by atoms with Crippen molar-refractivity contribution in [3.63, 3.8) is 0 Å². The molecule has 0 saturated carbocycles. The van der Waals surface area contributed by atoms with Crippen LogP contribution >= 0.6 is 0 Å². The highest BCUT2D eigenvalue weighted by Crippen LogP contribution is 2.40. The second-order valence-corrected chi connectivity index (χ2v) is 7.42. The van der Waals surface area contributed by atoms with Crippen molar-refractivity contribution in [2.75, 3.05) is 6.26 Å². The Balaban J connectivity index is 2.11. The molecule has 0 amide bonds. The zero-order chi connectivity index (χ0) is 17.6. The van der Waals surface area contributed by atoms with Crippen LogP contribution in [0.3, 0.4) is 0 Å². The Kier molecular flexibility index (Phi) is 3.60. The molecule has 3 rings (SSSR count). The molecule has 2 unspecified atom stereocenters. The molecule has 1 aromatic rings. The topological polar surface area (TPSA) is 115 Å². The molecule has 0 N–H and O–H groups in total. The van der Waals surface area contributed by atoms with E-state index in [9.17, 15) is 28.1 Å². The lowest BCUT2D eigenvalue weighted by atomic mass is 9.82. The zero-order valence-electron chi connectivity index (χ0n) is 12.4. The average molecular weight is 348 g/mol.